The molecule has 0 fully saturated rings. The molecule has 21 heavy (non-hydrogen) atoms. The van der Waals surface area contributed by atoms with Crippen molar-refractivity contribution < 1.29 is 12.8 Å². The molecule has 0 aliphatic rings. The van der Waals surface area contributed by atoms with Crippen LogP contribution in [-0.2, 0) is 10.0 Å². The summed E-state index contributed by atoms with van der Waals surface area (Å²) < 4.78 is 39.4. The van der Waals surface area contributed by atoms with E-state index in [1.165, 1.54) is 31.3 Å². The molecule has 0 spiro atoms. The quantitative estimate of drug-likeness (QED) is 0.757. The summed E-state index contributed by atoms with van der Waals surface area (Å²) in [4.78, 5) is -0.0131. The lowest BCUT2D eigenvalue weighted by Gasteiger charge is -2.13. The lowest BCUT2D eigenvalue weighted by atomic mass is 10.2. The minimum atomic E-state index is -3.61. The minimum Gasteiger partial charge on any atom is -0.398 e. The van der Waals surface area contributed by atoms with Crippen LogP contribution in [-0.4, -0.2) is 15.5 Å². The summed E-state index contributed by atoms with van der Waals surface area (Å²) in [5.41, 5.74) is 7.43. The molecule has 0 aromatic heterocycles. The first-order chi connectivity index (χ1) is 9.85. The highest BCUT2D eigenvalue weighted by Gasteiger charge is 2.15. The molecule has 0 aliphatic heterocycles. The summed E-state index contributed by atoms with van der Waals surface area (Å²) in [6.07, 6.45) is 0. The standard InChI is InChI=1S/C14H16FN3O2S/c1-9-4-3-5-11(15)14(9)18-10-6-7-13(12(16)8-10)21(19,20)17-2/h3-8,17-18H,16H2,1-2H3. The van der Waals surface area contributed by atoms with E-state index in [4.69, 9.17) is 5.73 Å². The van der Waals surface area contributed by atoms with E-state index in [1.807, 2.05) is 0 Å². The number of para-hydroxylation sites is 1. The molecule has 2 rings (SSSR count). The van der Waals surface area contributed by atoms with Crippen LogP contribution in [0, 0.1) is 12.7 Å². The van der Waals surface area contributed by atoms with Crippen LogP contribution in [0.25, 0.3) is 0 Å². The van der Waals surface area contributed by atoms with Gasteiger partial charge in [-0.1, -0.05) is 12.1 Å². The third-order valence-corrected chi connectivity index (χ3v) is 4.55. The molecule has 0 radical (unpaired) electrons. The highest BCUT2D eigenvalue weighted by atomic mass is 32.2. The highest BCUT2D eigenvalue weighted by molar-refractivity contribution is 7.89. The van der Waals surface area contributed by atoms with Crippen molar-refractivity contribution in [1.82, 2.24) is 4.72 Å². The molecule has 0 bridgehead atoms. The van der Waals surface area contributed by atoms with Crippen LogP contribution in [0.4, 0.5) is 21.5 Å². The molecule has 0 heterocycles. The van der Waals surface area contributed by atoms with Crippen molar-refractivity contribution >= 4 is 27.1 Å². The molecule has 0 unspecified atom stereocenters. The van der Waals surface area contributed by atoms with Gasteiger partial charge in [0.25, 0.3) is 0 Å². The predicted molar refractivity (Wildman–Crippen MR) is 81.5 cm³/mol. The summed E-state index contributed by atoms with van der Waals surface area (Å²) in [6.45, 7) is 1.77. The van der Waals surface area contributed by atoms with Crippen LogP contribution in [0.3, 0.4) is 0 Å². The highest BCUT2D eigenvalue weighted by Crippen LogP contribution is 2.27. The van der Waals surface area contributed by atoms with E-state index >= 15 is 0 Å². The van der Waals surface area contributed by atoms with Gasteiger partial charge in [0.2, 0.25) is 10.0 Å². The smallest absolute Gasteiger partial charge is 0.242 e. The second-order valence-corrected chi connectivity index (χ2v) is 6.37. The molecule has 5 nitrogen and oxygen atoms in total. The van der Waals surface area contributed by atoms with E-state index in [2.05, 4.69) is 10.0 Å². The molecule has 112 valence electrons. The molecule has 0 saturated heterocycles. The molecule has 2 aromatic rings. The number of nitrogens with two attached hydrogens (primary N) is 1. The van der Waals surface area contributed by atoms with Gasteiger partial charge in [-0.3, -0.25) is 0 Å². The second kappa shape index (κ2) is 5.71. The van der Waals surface area contributed by atoms with E-state index in [9.17, 15) is 12.8 Å². The topological polar surface area (TPSA) is 84.2 Å². The van der Waals surface area contributed by atoms with Crippen LogP contribution in [0.5, 0.6) is 0 Å². The number of aryl methyl sites for hydroxylation is 1. The first kappa shape index (κ1) is 15.3. The number of halogens is 1. The van der Waals surface area contributed by atoms with Gasteiger partial charge in [0.05, 0.1) is 11.4 Å². The molecule has 7 heteroatoms. The number of nitrogen functional groups attached to an aromatic ring is 1. The minimum absolute atomic E-state index is 0.0131. The number of rotatable bonds is 4. The van der Waals surface area contributed by atoms with Crippen molar-refractivity contribution in [2.24, 2.45) is 0 Å². The zero-order valence-corrected chi connectivity index (χ0v) is 12.5. The molecule has 0 saturated carbocycles. The van der Waals surface area contributed by atoms with Crippen molar-refractivity contribution in [1.29, 1.82) is 0 Å². The summed E-state index contributed by atoms with van der Waals surface area (Å²) in [6, 6.07) is 9.10. The van der Waals surface area contributed by atoms with Crippen molar-refractivity contribution in [2.75, 3.05) is 18.1 Å². The molecule has 0 atom stereocenters. The van der Waals surface area contributed by atoms with Crippen LogP contribution in [0.1, 0.15) is 5.56 Å². The number of hydrogen-bond donors (Lipinski definition) is 3. The summed E-state index contributed by atoms with van der Waals surface area (Å²) in [5.74, 6) is -0.388. The SMILES string of the molecule is CNS(=O)(=O)c1ccc(Nc2c(C)cccc2F)cc1N. The lowest BCUT2D eigenvalue weighted by Crippen LogP contribution is -2.19. The predicted octanol–water partition coefficient (Wildman–Crippen LogP) is 2.37. The Labute approximate surface area is 123 Å². The summed E-state index contributed by atoms with van der Waals surface area (Å²) >= 11 is 0. The van der Waals surface area contributed by atoms with E-state index in [-0.39, 0.29) is 16.4 Å². The second-order valence-electron chi connectivity index (χ2n) is 4.52. The maximum atomic E-state index is 13.8. The van der Waals surface area contributed by atoms with Gasteiger partial charge in [-0.15, -0.1) is 0 Å². The Balaban J connectivity index is 2.38. The third kappa shape index (κ3) is 3.14. The van der Waals surface area contributed by atoms with E-state index in [0.717, 1.165) is 5.56 Å². The average Bonchev–Trinajstić information content (AvgIpc) is 2.43. The van der Waals surface area contributed by atoms with Crippen LogP contribution in [0.15, 0.2) is 41.3 Å². The van der Waals surface area contributed by atoms with Crippen LogP contribution < -0.4 is 15.8 Å². The summed E-state index contributed by atoms with van der Waals surface area (Å²) in [7, 11) is -2.30. The maximum absolute atomic E-state index is 13.8. The Hall–Kier alpha value is -2.12. The van der Waals surface area contributed by atoms with E-state index in [0.29, 0.717) is 11.4 Å². The Morgan fingerprint density at radius 3 is 2.48 bits per heavy atom. The van der Waals surface area contributed by atoms with Gasteiger partial charge in [0, 0.05) is 5.69 Å². The van der Waals surface area contributed by atoms with Gasteiger partial charge >= 0.3 is 0 Å². The number of hydrogen-bond acceptors (Lipinski definition) is 4. The molecule has 4 N–H and O–H groups in total. The van der Waals surface area contributed by atoms with Gasteiger partial charge in [0.1, 0.15) is 10.7 Å². The van der Waals surface area contributed by atoms with Crippen molar-refractivity contribution in [2.45, 2.75) is 11.8 Å². The maximum Gasteiger partial charge on any atom is 0.242 e. The fraction of sp³-hybridized carbons (Fsp3) is 0.143. The number of benzene rings is 2. The molecular weight excluding hydrogens is 293 g/mol. The monoisotopic (exact) mass is 309 g/mol. The molecule has 0 aliphatic carbocycles. The van der Waals surface area contributed by atoms with Crippen LogP contribution >= 0.6 is 0 Å². The van der Waals surface area contributed by atoms with Gasteiger partial charge in [0.15, 0.2) is 0 Å². The zero-order valence-electron chi connectivity index (χ0n) is 11.6. The van der Waals surface area contributed by atoms with Crippen molar-refractivity contribution in [3.63, 3.8) is 0 Å². The Kier molecular flexibility index (Phi) is 4.15. The van der Waals surface area contributed by atoms with Crippen molar-refractivity contribution in [3.8, 4) is 0 Å². The van der Waals surface area contributed by atoms with Gasteiger partial charge in [-0.2, -0.15) is 0 Å². The van der Waals surface area contributed by atoms with Gasteiger partial charge < -0.3 is 11.1 Å². The summed E-state index contributed by atoms with van der Waals surface area (Å²) in [5, 5.41) is 2.91. The Morgan fingerprint density at radius 1 is 1.19 bits per heavy atom. The van der Waals surface area contributed by atoms with Crippen molar-refractivity contribution in [3.05, 3.63) is 47.8 Å². The first-order valence-electron chi connectivity index (χ1n) is 6.20. The number of sulfonamides is 1. The molecule has 2 aromatic carbocycles. The normalized spacial score (nSPS) is 11.4. The average molecular weight is 309 g/mol. The van der Waals surface area contributed by atoms with Gasteiger partial charge in [-0.05, 0) is 43.8 Å². The fourth-order valence-electron chi connectivity index (χ4n) is 1.92. The van der Waals surface area contributed by atoms with E-state index in [1.54, 1.807) is 19.1 Å². The third-order valence-electron chi connectivity index (χ3n) is 3.06. The van der Waals surface area contributed by atoms with E-state index < -0.39 is 10.0 Å². The zero-order chi connectivity index (χ0) is 15.6. The molecular formula is C14H16FN3O2S. The van der Waals surface area contributed by atoms with Crippen LogP contribution in [0.2, 0.25) is 0 Å². The largest absolute Gasteiger partial charge is 0.398 e. The van der Waals surface area contributed by atoms with Gasteiger partial charge in [-0.25, -0.2) is 17.5 Å². The lowest BCUT2D eigenvalue weighted by molar-refractivity contribution is 0.588. The number of nitrogens with one attached hydrogen (secondary N) is 2. The Bertz CT molecular complexity index is 756. The fourth-order valence-corrected chi connectivity index (χ4v) is 2.75. The number of anilines is 3. The first-order valence-corrected chi connectivity index (χ1v) is 7.68. The molecule has 0 amide bonds. The Morgan fingerprint density at radius 2 is 1.90 bits per heavy atom.